The summed E-state index contributed by atoms with van der Waals surface area (Å²) in [5.74, 6) is 0.245. The number of aromatic nitrogens is 2. The normalized spacial score (nSPS) is 11.6. The summed E-state index contributed by atoms with van der Waals surface area (Å²) in [6, 6.07) is 12.2. The molecule has 0 aliphatic heterocycles. The van der Waals surface area contributed by atoms with Crippen LogP contribution in [0.4, 0.5) is 4.39 Å². The van der Waals surface area contributed by atoms with E-state index >= 15 is 0 Å². The second-order valence-corrected chi connectivity index (χ2v) is 5.58. The molecule has 0 spiro atoms. The van der Waals surface area contributed by atoms with E-state index < -0.39 is 5.82 Å². The lowest BCUT2D eigenvalue weighted by Crippen LogP contribution is -1.88. The molecule has 3 rings (SSSR count). The Bertz CT molecular complexity index is 906. The molecular weight excluding hydrogens is 331 g/mol. The summed E-state index contributed by atoms with van der Waals surface area (Å²) >= 11 is 6.21. The van der Waals surface area contributed by atoms with E-state index in [0.29, 0.717) is 11.5 Å². The van der Waals surface area contributed by atoms with Gasteiger partial charge in [-0.3, -0.25) is 0 Å². The minimum absolute atomic E-state index is 0.169. The molecule has 0 radical (unpaired) electrons. The van der Waals surface area contributed by atoms with Gasteiger partial charge in [-0.15, -0.1) is 10.2 Å². The van der Waals surface area contributed by atoms with Gasteiger partial charge in [0.15, 0.2) is 11.6 Å². The van der Waals surface area contributed by atoms with Gasteiger partial charge in [0.2, 0.25) is 5.89 Å². The fourth-order valence-corrected chi connectivity index (χ4v) is 2.40. The molecule has 0 bridgehead atoms. The Morgan fingerprint density at radius 3 is 2.75 bits per heavy atom. The number of hydrogen-bond acceptors (Lipinski definition) is 4. The maximum absolute atomic E-state index is 13.7. The van der Waals surface area contributed by atoms with Gasteiger partial charge in [0, 0.05) is 5.56 Å². The van der Waals surface area contributed by atoms with E-state index in [1.165, 1.54) is 19.2 Å². The molecule has 4 nitrogen and oxygen atoms in total. The lowest BCUT2D eigenvalue weighted by Gasteiger charge is -2.02. The van der Waals surface area contributed by atoms with Crippen molar-refractivity contribution >= 4 is 22.7 Å². The Morgan fingerprint density at radius 1 is 1.21 bits per heavy atom. The second kappa shape index (κ2) is 6.84. The van der Waals surface area contributed by atoms with Crippen LogP contribution in [0, 0.1) is 12.7 Å². The van der Waals surface area contributed by atoms with E-state index in [1.54, 1.807) is 12.1 Å². The van der Waals surface area contributed by atoms with Crippen LogP contribution >= 0.6 is 11.6 Å². The van der Waals surface area contributed by atoms with Gasteiger partial charge >= 0.3 is 0 Å². The number of ether oxygens (including phenoxy) is 1. The molecule has 0 atom stereocenters. The summed E-state index contributed by atoms with van der Waals surface area (Å²) in [7, 11) is 1.41. The first-order chi connectivity index (χ1) is 11.6. The lowest BCUT2D eigenvalue weighted by molar-refractivity contribution is 0.386. The Balaban J connectivity index is 1.88. The van der Waals surface area contributed by atoms with Crippen LogP contribution in [-0.4, -0.2) is 17.3 Å². The van der Waals surface area contributed by atoms with Crippen LogP contribution < -0.4 is 4.74 Å². The van der Waals surface area contributed by atoms with Crippen molar-refractivity contribution in [3.8, 4) is 17.2 Å². The molecule has 6 heteroatoms. The van der Waals surface area contributed by atoms with E-state index in [-0.39, 0.29) is 16.7 Å². The molecule has 0 saturated heterocycles. The third kappa shape index (κ3) is 3.46. The highest BCUT2D eigenvalue weighted by molar-refractivity contribution is 6.50. The van der Waals surface area contributed by atoms with E-state index in [0.717, 1.165) is 11.1 Å². The van der Waals surface area contributed by atoms with Gasteiger partial charge in [-0.2, -0.15) is 0 Å². The van der Waals surface area contributed by atoms with Crippen molar-refractivity contribution < 1.29 is 13.5 Å². The Morgan fingerprint density at radius 2 is 2.04 bits per heavy atom. The summed E-state index contributed by atoms with van der Waals surface area (Å²) in [5.41, 5.74) is 2.46. The first-order valence-electron chi connectivity index (χ1n) is 7.18. The fourth-order valence-electron chi connectivity index (χ4n) is 2.19. The summed E-state index contributed by atoms with van der Waals surface area (Å²) < 4.78 is 24.2. The average Bonchev–Trinajstić information content (AvgIpc) is 3.05. The molecule has 0 saturated carbocycles. The standard InChI is InChI=1S/C18H14ClFN2O2/c1-11-4-3-5-13(8-11)17-21-22-18(24-17)14(19)9-12-6-7-16(23-2)15(20)10-12/h3-10H,1-2H3/b14-9-. The van der Waals surface area contributed by atoms with Crippen LogP contribution in [0.3, 0.4) is 0 Å². The monoisotopic (exact) mass is 344 g/mol. The van der Waals surface area contributed by atoms with Crippen LogP contribution in [0.25, 0.3) is 22.6 Å². The van der Waals surface area contributed by atoms with Gasteiger partial charge in [0.1, 0.15) is 5.03 Å². The fraction of sp³-hybridized carbons (Fsp3) is 0.111. The van der Waals surface area contributed by atoms with Crippen molar-refractivity contribution in [3.05, 3.63) is 65.3 Å². The predicted molar refractivity (Wildman–Crippen MR) is 91.1 cm³/mol. The quantitative estimate of drug-likeness (QED) is 0.673. The minimum Gasteiger partial charge on any atom is -0.494 e. The molecular formula is C18H14ClFN2O2. The first-order valence-corrected chi connectivity index (χ1v) is 7.56. The molecule has 122 valence electrons. The van der Waals surface area contributed by atoms with E-state index in [1.807, 2.05) is 31.2 Å². The van der Waals surface area contributed by atoms with Crippen LogP contribution in [0.2, 0.25) is 0 Å². The van der Waals surface area contributed by atoms with Gasteiger partial charge in [-0.25, -0.2) is 4.39 Å². The molecule has 1 aromatic heterocycles. The van der Waals surface area contributed by atoms with Crippen LogP contribution in [-0.2, 0) is 0 Å². The zero-order valence-electron chi connectivity index (χ0n) is 13.1. The summed E-state index contributed by atoms with van der Waals surface area (Å²) in [5, 5.41) is 8.17. The highest BCUT2D eigenvalue weighted by Gasteiger charge is 2.12. The third-order valence-corrected chi connectivity index (χ3v) is 3.63. The third-order valence-electron chi connectivity index (χ3n) is 3.36. The largest absolute Gasteiger partial charge is 0.494 e. The number of halogens is 2. The number of hydrogen-bond donors (Lipinski definition) is 0. The molecule has 0 aliphatic carbocycles. The smallest absolute Gasteiger partial charge is 0.259 e. The number of aryl methyl sites for hydroxylation is 1. The zero-order valence-corrected chi connectivity index (χ0v) is 13.8. The second-order valence-electron chi connectivity index (χ2n) is 5.17. The molecule has 3 aromatic rings. The van der Waals surface area contributed by atoms with Crippen molar-refractivity contribution in [2.45, 2.75) is 6.92 Å². The maximum atomic E-state index is 13.7. The zero-order chi connectivity index (χ0) is 17.1. The molecule has 0 N–H and O–H groups in total. The average molecular weight is 345 g/mol. The van der Waals surface area contributed by atoms with Gasteiger partial charge in [-0.05, 0) is 42.8 Å². The van der Waals surface area contributed by atoms with Crippen LogP contribution in [0.15, 0.2) is 46.9 Å². The van der Waals surface area contributed by atoms with Gasteiger partial charge < -0.3 is 9.15 Å². The molecule has 1 heterocycles. The molecule has 2 aromatic carbocycles. The van der Waals surface area contributed by atoms with Gasteiger partial charge in [-0.1, -0.05) is 35.4 Å². The molecule has 0 unspecified atom stereocenters. The van der Waals surface area contributed by atoms with Gasteiger partial charge in [0.05, 0.1) is 7.11 Å². The van der Waals surface area contributed by atoms with Gasteiger partial charge in [0.25, 0.3) is 5.89 Å². The molecule has 0 aliphatic rings. The number of rotatable bonds is 4. The highest BCUT2D eigenvalue weighted by Crippen LogP contribution is 2.27. The van der Waals surface area contributed by atoms with E-state index in [4.69, 9.17) is 20.8 Å². The minimum atomic E-state index is -0.471. The van der Waals surface area contributed by atoms with Crippen LogP contribution in [0.1, 0.15) is 17.0 Å². The first kappa shape index (κ1) is 16.2. The van der Waals surface area contributed by atoms with Crippen molar-refractivity contribution in [1.82, 2.24) is 10.2 Å². The number of nitrogens with zero attached hydrogens (tertiary/aromatic N) is 2. The summed E-state index contributed by atoms with van der Waals surface area (Å²) in [4.78, 5) is 0. The topological polar surface area (TPSA) is 48.2 Å². The predicted octanol–water partition coefficient (Wildman–Crippen LogP) is 4.93. The SMILES string of the molecule is COc1ccc(/C=C(\Cl)c2nnc(-c3cccc(C)c3)o2)cc1F. The number of benzene rings is 2. The lowest BCUT2D eigenvalue weighted by atomic mass is 10.1. The Labute approximate surface area is 143 Å². The van der Waals surface area contributed by atoms with E-state index in [9.17, 15) is 4.39 Å². The van der Waals surface area contributed by atoms with Crippen molar-refractivity contribution in [2.75, 3.05) is 7.11 Å². The highest BCUT2D eigenvalue weighted by atomic mass is 35.5. The summed E-state index contributed by atoms with van der Waals surface area (Å²) in [6.07, 6.45) is 1.55. The van der Waals surface area contributed by atoms with Crippen molar-refractivity contribution in [2.24, 2.45) is 0 Å². The van der Waals surface area contributed by atoms with Crippen LogP contribution in [0.5, 0.6) is 5.75 Å². The Hall–Kier alpha value is -2.66. The molecule has 0 amide bonds. The van der Waals surface area contributed by atoms with Crippen molar-refractivity contribution in [3.63, 3.8) is 0 Å². The Kier molecular flexibility index (Phi) is 4.62. The number of methoxy groups -OCH3 is 1. The van der Waals surface area contributed by atoms with Crippen molar-refractivity contribution in [1.29, 1.82) is 0 Å². The molecule has 24 heavy (non-hydrogen) atoms. The summed E-state index contributed by atoms with van der Waals surface area (Å²) in [6.45, 7) is 1.98. The maximum Gasteiger partial charge on any atom is 0.259 e. The van der Waals surface area contributed by atoms with E-state index in [2.05, 4.69) is 10.2 Å². The molecule has 0 fully saturated rings.